The van der Waals surface area contributed by atoms with Crippen molar-refractivity contribution in [2.75, 3.05) is 12.8 Å². The first-order chi connectivity index (χ1) is 8.63. The summed E-state index contributed by atoms with van der Waals surface area (Å²) < 4.78 is 0. The lowest BCUT2D eigenvalue weighted by molar-refractivity contribution is 0.360. The quantitative estimate of drug-likeness (QED) is 0.505. The summed E-state index contributed by atoms with van der Waals surface area (Å²) >= 11 is 6.15. The van der Waals surface area contributed by atoms with Crippen molar-refractivity contribution in [3.8, 4) is 6.07 Å². The number of anilines is 1. The van der Waals surface area contributed by atoms with E-state index in [1.165, 1.54) is 0 Å². The number of allylic oxidation sites excluding steroid dienone is 1. The number of nitrogens with two attached hydrogens (primary N) is 1. The first-order valence-corrected chi connectivity index (χ1v) is 5.95. The molecule has 18 heavy (non-hydrogen) atoms. The molecule has 0 saturated carbocycles. The number of benzene rings is 1. The van der Waals surface area contributed by atoms with Crippen LogP contribution in [0, 0.1) is 11.3 Å². The largest absolute Gasteiger partial charge is 0.398 e. The molecule has 1 aromatic carbocycles. The van der Waals surface area contributed by atoms with Crippen LogP contribution < -0.4 is 5.73 Å². The van der Waals surface area contributed by atoms with Gasteiger partial charge in [0.2, 0.25) is 0 Å². The van der Waals surface area contributed by atoms with E-state index in [9.17, 15) is 0 Å². The molecule has 0 radical (unpaired) electrons. The Morgan fingerprint density at radius 1 is 1.50 bits per heavy atom. The molecule has 1 unspecified atom stereocenters. The minimum Gasteiger partial charge on any atom is -0.398 e. The number of nitriles is 1. The summed E-state index contributed by atoms with van der Waals surface area (Å²) in [7, 11) is 1.77. The zero-order valence-electron chi connectivity index (χ0n) is 9.97. The van der Waals surface area contributed by atoms with Gasteiger partial charge in [-0.25, -0.2) is 0 Å². The van der Waals surface area contributed by atoms with E-state index in [0.29, 0.717) is 11.4 Å². The van der Waals surface area contributed by atoms with E-state index in [2.05, 4.69) is 11.2 Å². The van der Waals surface area contributed by atoms with Gasteiger partial charge in [0.05, 0.1) is 18.2 Å². The molecular weight excluding hydrogens is 248 g/mol. The molecule has 5 heteroatoms. The Bertz CT molecular complexity index is 556. The zero-order chi connectivity index (χ0) is 13.1. The molecule has 4 nitrogen and oxygen atoms in total. The van der Waals surface area contributed by atoms with Crippen molar-refractivity contribution in [2.24, 2.45) is 5.10 Å². The van der Waals surface area contributed by atoms with E-state index in [4.69, 9.17) is 22.6 Å². The summed E-state index contributed by atoms with van der Waals surface area (Å²) in [5, 5.41) is 14.8. The molecule has 0 spiro atoms. The van der Waals surface area contributed by atoms with E-state index in [1.54, 1.807) is 12.1 Å². The van der Waals surface area contributed by atoms with Gasteiger partial charge in [0, 0.05) is 23.9 Å². The van der Waals surface area contributed by atoms with E-state index in [-0.39, 0.29) is 11.9 Å². The molecule has 0 bridgehead atoms. The number of likely N-dealkylation sites (N-methyl/N-ethyl adjacent to an activating group) is 1. The molecule has 2 rings (SSSR count). The van der Waals surface area contributed by atoms with Crippen molar-refractivity contribution in [2.45, 2.75) is 11.9 Å². The van der Waals surface area contributed by atoms with E-state index in [1.807, 2.05) is 30.3 Å². The van der Waals surface area contributed by atoms with Crippen LogP contribution in [0.5, 0.6) is 0 Å². The number of hydrogen-bond donors (Lipinski definition) is 1. The van der Waals surface area contributed by atoms with Gasteiger partial charge in [-0.3, -0.25) is 5.01 Å². The van der Waals surface area contributed by atoms with E-state index in [0.717, 1.165) is 11.1 Å². The molecule has 1 aromatic rings. The topological polar surface area (TPSA) is 65.4 Å². The first kappa shape index (κ1) is 12.5. The minimum atomic E-state index is -0.331. The molecule has 1 heterocycles. The third kappa shape index (κ3) is 2.31. The van der Waals surface area contributed by atoms with Gasteiger partial charge < -0.3 is 5.73 Å². The van der Waals surface area contributed by atoms with Gasteiger partial charge in [-0.15, -0.1) is 0 Å². The molecule has 1 atom stereocenters. The summed E-state index contributed by atoms with van der Waals surface area (Å²) in [4.78, 5) is 0. The lowest BCUT2D eigenvalue weighted by Crippen LogP contribution is -2.27. The van der Waals surface area contributed by atoms with Gasteiger partial charge in [-0.1, -0.05) is 29.8 Å². The van der Waals surface area contributed by atoms with Gasteiger partial charge in [-0.2, -0.15) is 10.4 Å². The van der Waals surface area contributed by atoms with Crippen LogP contribution in [-0.2, 0) is 0 Å². The maximum Gasteiger partial charge on any atom is 0.139 e. The van der Waals surface area contributed by atoms with Crippen LogP contribution in [-0.4, -0.2) is 23.3 Å². The normalized spacial score (nSPS) is 18.9. The number of para-hydroxylation sites is 1. The van der Waals surface area contributed by atoms with Crippen LogP contribution in [0.2, 0.25) is 0 Å². The van der Waals surface area contributed by atoms with Crippen molar-refractivity contribution >= 4 is 28.6 Å². The summed E-state index contributed by atoms with van der Waals surface area (Å²) in [6.07, 6.45) is 2.10. The fourth-order valence-electron chi connectivity index (χ4n) is 1.83. The number of nitrogen functional groups attached to an aromatic ring is 1. The lowest BCUT2D eigenvalue weighted by atomic mass is 9.96. The Labute approximate surface area is 111 Å². The Morgan fingerprint density at radius 3 is 2.89 bits per heavy atom. The molecule has 0 aliphatic carbocycles. The molecule has 0 amide bonds. The summed E-state index contributed by atoms with van der Waals surface area (Å²) in [6, 6.07) is 9.61. The number of rotatable bonds is 2. The summed E-state index contributed by atoms with van der Waals surface area (Å²) in [6.45, 7) is 0. The second-order valence-corrected chi connectivity index (χ2v) is 4.44. The fraction of sp³-hybridized carbons (Fsp3) is 0.231. The highest BCUT2D eigenvalue weighted by molar-refractivity contribution is 6.29. The number of hydrazone groups is 1. The highest BCUT2D eigenvalue weighted by Crippen LogP contribution is 2.28. The maximum absolute atomic E-state index is 8.86. The smallest absolute Gasteiger partial charge is 0.139 e. The number of hydrogen-bond acceptors (Lipinski definition) is 4. The standard InChI is InChI=1S/C13H13ClN4/c1-18-13(14)8-10(12(17-18)6-7-15)9-4-2-3-5-11(9)16/h2-5,8,13H,6,16H2,1H3. The van der Waals surface area contributed by atoms with Crippen LogP contribution in [0.4, 0.5) is 5.69 Å². The van der Waals surface area contributed by atoms with Crippen LogP contribution in [0.15, 0.2) is 35.4 Å². The van der Waals surface area contributed by atoms with Crippen molar-refractivity contribution in [1.29, 1.82) is 5.26 Å². The molecule has 0 aromatic heterocycles. The average Bonchev–Trinajstić information content (AvgIpc) is 2.35. The Balaban J connectivity index is 2.48. The van der Waals surface area contributed by atoms with Crippen molar-refractivity contribution in [3.05, 3.63) is 35.9 Å². The van der Waals surface area contributed by atoms with Crippen molar-refractivity contribution in [3.63, 3.8) is 0 Å². The van der Waals surface area contributed by atoms with Gasteiger partial charge in [-0.05, 0) is 12.1 Å². The van der Waals surface area contributed by atoms with Crippen molar-refractivity contribution < 1.29 is 0 Å². The second kappa shape index (κ2) is 5.11. The fourth-order valence-corrected chi connectivity index (χ4v) is 2.00. The monoisotopic (exact) mass is 260 g/mol. The summed E-state index contributed by atoms with van der Waals surface area (Å²) in [5.41, 5.74) is 8.67. The molecule has 1 aliphatic heterocycles. The Hall–Kier alpha value is -1.99. The number of alkyl halides is 1. The van der Waals surface area contributed by atoms with E-state index >= 15 is 0 Å². The molecule has 0 fully saturated rings. The Morgan fingerprint density at radius 2 is 2.22 bits per heavy atom. The molecule has 2 N–H and O–H groups in total. The van der Waals surface area contributed by atoms with Crippen LogP contribution in [0.25, 0.3) is 5.57 Å². The minimum absolute atomic E-state index is 0.230. The van der Waals surface area contributed by atoms with Gasteiger partial charge in [0.25, 0.3) is 0 Å². The third-order valence-corrected chi connectivity index (χ3v) is 3.16. The zero-order valence-corrected chi connectivity index (χ0v) is 10.7. The Kier molecular flexibility index (Phi) is 3.54. The SMILES string of the molecule is CN1N=C(CC#N)C(c2ccccc2N)=CC1Cl. The second-order valence-electron chi connectivity index (χ2n) is 4.00. The van der Waals surface area contributed by atoms with E-state index < -0.39 is 0 Å². The van der Waals surface area contributed by atoms with Crippen molar-refractivity contribution in [1.82, 2.24) is 5.01 Å². The van der Waals surface area contributed by atoms with Crippen LogP contribution >= 0.6 is 11.6 Å². The van der Waals surface area contributed by atoms with Gasteiger partial charge in [0.1, 0.15) is 5.50 Å². The molecular formula is C13H13ClN4. The predicted octanol–water partition coefficient (Wildman–Crippen LogP) is 2.43. The predicted molar refractivity (Wildman–Crippen MR) is 73.9 cm³/mol. The molecule has 1 aliphatic rings. The van der Waals surface area contributed by atoms with Crippen LogP contribution in [0.3, 0.4) is 0 Å². The first-order valence-electron chi connectivity index (χ1n) is 5.52. The third-order valence-electron chi connectivity index (χ3n) is 2.75. The highest BCUT2D eigenvalue weighted by Gasteiger charge is 2.21. The lowest BCUT2D eigenvalue weighted by Gasteiger charge is -2.25. The number of halogens is 1. The molecule has 92 valence electrons. The van der Waals surface area contributed by atoms with Gasteiger partial charge in [0.15, 0.2) is 0 Å². The average molecular weight is 261 g/mol. The highest BCUT2D eigenvalue weighted by atomic mass is 35.5. The molecule has 0 saturated heterocycles. The van der Waals surface area contributed by atoms with Crippen LogP contribution in [0.1, 0.15) is 12.0 Å². The maximum atomic E-state index is 8.86. The van der Waals surface area contributed by atoms with Gasteiger partial charge >= 0.3 is 0 Å². The number of nitrogens with zero attached hydrogens (tertiary/aromatic N) is 3. The summed E-state index contributed by atoms with van der Waals surface area (Å²) in [5.74, 6) is 0.